The molecule has 1 aliphatic heterocycles. The molecule has 0 N–H and O–H groups in total. The third kappa shape index (κ3) is 3.57. The van der Waals surface area contributed by atoms with Gasteiger partial charge in [0.1, 0.15) is 23.9 Å². The molecule has 2 heterocycles. The molecule has 1 aromatic heterocycles. The van der Waals surface area contributed by atoms with E-state index in [1.54, 1.807) is 12.1 Å². The standard InChI is InChI=1S/C21H19ClFNO3/c1-2-14-9-19(25)27-20-16(14)10-18(22)21-17(20)11-24(12-26-21)8-7-13-3-5-15(23)6-4-13/h3-6,9-10H,2,7-8,11-12H2,1H3. The van der Waals surface area contributed by atoms with E-state index in [0.717, 1.165) is 35.0 Å². The van der Waals surface area contributed by atoms with Crippen molar-refractivity contribution in [3.05, 3.63) is 74.3 Å². The smallest absolute Gasteiger partial charge is 0.336 e. The number of hydrogen-bond acceptors (Lipinski definition) is 4. The van der Waals surface area contributed by atoms with Crippen molar-refractivity contribution in [2.75, 3.05) is 13.3 Å². The van der Waals surface area contributed by atoms with Crippen molar-refractivity contribution >= 4 is 22.6 Å². The van der Waals surface area contributed by atoms with Crippen LogP contribution in [0.5, 0.6) is 5.75 Å². The Morgan fingerprint density at radius 1 is 1.22 bits per heavy atom. The number of aryl methyl sites for hydroxylation is 1. The lowest BCUT2D eigenvalue weighted by atomic mass is 10.0. The number of hydrogen-bond donors (Lipinski definition) is 0. The Morgan fingerprint density at radius 3 is 2.74 bits per heavy atom. The highest BCUT2D eigenvalue weighted by atomic mass is 35.5. The third-order valence-electron chi connectivity index (χ3n) is 4.91. The summed E-state index contributed by atoms with van der Waals surface area (Å²) >= 11 is 6.43. The first-order valence-corrected chi connectivity index (χ1v) is 9.30. The number of rotatable bonds is 4. The molecular formula is C21H19ClFNO3. The predicted octanol–water partition coefficient (Wildman–Crippen LogP) is 4.54. The lowest BCUT2D eigenvalue weighted by Crippen LogP contribution is -2.34. The average molecular weight is 388 g/mol. The van der Waals surface area contributed by atoms with Crippen molar-refractivity contribution in [1.29, 1.82) is 0 Å². The molecule has 0 unspecified atom stereocenters. The van der Waals surface area contributed by atoms with Crippen molar-refractivity contribution in [3.63, 3.8) is 0 Å². The van der Waals surface area contributed by atoms with E-state index in [-0.39, 0.29) is 11.4 Å². The third-order valence-corrected chi connectivity index (χ3v) is 5.19. The van der Waals surface area contributed by atoms with Gasteiger partial charge in [0.25, 0.3) is 0 Å². The lowest BCUT2D eigenvalue weighted by molar-refractivity contribution is 0.0969. The van der Waals surface area contributed by atoms with Gasteiger partial charge in [0, 0.05) is 24.5 Å². The molecule has 6 heteroatoms. The van der Waals surface area contributed by atoms with Crippen LogP contribution in [0.15, 0.2) is 45.6 Å². The molecule has 4 rings (SSSR count). The molecule has 1 aliphatic rings. The van der Waals surface area contributed by atoms with Gasteiger partial charge in [0.05, 0.1) is 10.6 Å². The van der Waals surface area contributed by atoms with Crippen molar-refractivity contribution in [1.82, 2.24) is 4.90 Å². The van der Waals surface area contributed by atoms with Crippen LogP contribution < -0.4 is 10.4 Å². The summed E-state index contributed by atoms with van der Waals surface area (Å²) in [4.78, 5) is 14.1. The first kappa shape index (κ1) is 18.0. The maximum atomic E-state index is 13.0. The summed E-state index contributed by atoms with van der Waals surface area (Å²) in [7, 11) is 0. The van der Waals surface area contributed by atoms with Gasteiger partial charge in [-0.1, -0.05) is 30.7 Å². The normalized spacial score (nSPS) is 14.2. The second-order valence-corrected chi connectivity index (χ2v) is 7.10. The van der Waals surface area contributed by atoms with Gasteiger partial charge in [-0.15, -0.1) is 0 Å². The van der Waals surface area contributed by atoms with E-state index < -0.39 is 0 Å². The summed E-state index contributed by atoms with van der Waals surface area (Å²) in [6, 6.07) is 9.82. The fourth-order valence-corrected chi connectivity index (χ4v) is 3.75. The molecule has 140 valence electrons. The molecule has 0 saturated heterocycles. The Hall–Kier alpha value is -2.37. The molecule has 3 aromatic rings. The van der Waals surface area contributed by atoms with E-state index in [1.165, 1.54) is 18.2 Å². The zero-order valence-corrected chi connectivity index (χ0v) is 15.7. The van der Waals surface area contributed by atoms with E-state index >= 15 is 0 Å². The minimum Gasteiger partial charge on any atom is -0.476 e. The van der Waals surface area contributed by atoms with Gasteiger partial charge in [-0.2, -0.15) is 0 Å². The Kier molecular flexibility index (Phi) is 4.89. The quantitative estimate of drug-likeness (QED) is 0.616. The molecule has 0 spiro atoms. The number of ether oxygens (including phenoxy) is 1. The summed E-state index contributed by atoms with van der Waals surface area (Å²) in [5.41, 5.74) is 2.94. The molecule has 0 atom stereocenters. The Balaban J connectivity index is 1.64. The van der Waals surface area contributed by atoms with Gasteiger partial charge in [0.2, 0.25) is 0 Å². The first-order chi connectivity index (χ1) is 13.0. The first-order valence-electron chi connectivity index (χ1n) is 8.93. The van der Waals surface area contributed by atoms with E-state index in [9.17, 15) is 9.18 Å². The van der Waals surface area contributed by atoms with Crippen LogP contribution >= 0.6 is 11.6 Å². The zero-order valence-electron chi connectivity index (χ0n) is 14.9. The fraction of sp³-hybridized carbons (Fsp3) is 0.286. The predicted molar refractivity (Wildman–Crippen MR) is 103 cm³/mol. The highest BCUT2D eigenvalue weighted by Crippen LogP contribution is 2.39. The van der Waals surface area contributed by atoms with Crippen molar-refractivity contribution in [2.45, 2.75) is 26.3 Å². The Bertz CT molecular complexity index is 1050. The fourth-order valence-electron chi connectivity index (χ4n) is 3.47. The van der Waals surface area contributed by atoms with Gasteiger partial charge in [-0.25, -0.2) is 9.18 Å². The van der Waals surface area contributed by atoms with Crippen molar-refractivity contribution in [3.8, 4) is 5.75 Å². The van der Waals surface area contributed by atoms with E-state index in [0.29, 0.717) is 36.1 Å². The minimum atomic E-state index is -0.368. The van der Waals surface area contributed by atoms with Gasteiger partial charge in [-0.05, 0) is 42.2 Å². The van der Waals surface area contributed by atoms with Crippen LogP contribution in [0.25, 0.3) is 11.0 Å². The second-order valence-electron chi connectivity index (χ2n) is 6.69. The molecular weight excluding hydrogens is 369 g/mol. The molecule has 0 saturated carbocycles. The molecule has 0 amide bonds. The zero-order chi connectivity index (χ0) is 19.0. The van der Waals surface area contributed by atoms with Crippen molar-refractivity contribution < 1.29 is 13.5 Å². The summed E-state index contributed by atoms with van der Waals surface area (Å²) < 4.78 is 24.4. The molecule has 0 bridgehead atoms. The molecule has 4 nitrogen and oxygen atoms in total. The van der Waals surface area contributed by atoms with Crippen LogP contribution in [0, 0.1) is 5.82 Å². The summed E-state index contributed by atoms with van der Waals surface area (Å²) in [5, 5.41) is 1.38. The van der Waals surface area contributed by atoms with E-state index in [4.69, 9.17) is 20.8 Å². The number of halogens is 2. The van der Waals surface area contributed by atoms with Crippen LogP contribution in [0.3, 0.4) is 0 Å². The van der Waals surface area contributed by atoms with Crippen LogP contribution in [0.4, 0.5) is 4.39 Å². The summed E-state index contributed by atoms with van der Waals surface area (Å²) in [6.45, 7) is 3.70. The molecule has 27 heavy (non-hydrogen) atoms. The summed E-state index contributed by atoms with van der Waals surface area (Å²) in [5.74, 6) is 0.343. The van der Waals surface area contributed by atoms with Crippen molar-refractivity contribution in [2.24, 2.45) is 0 Å². The van der Waals surface area contributed by atoms with Crippen LogP contribution in [0.2, 0.25) is 5.02 Å². The summed E-state index contributed by atoms with van der Waals surface area (Å²) in [6.07, 6.45) is 1.48. The Labute approximate surface area is 161 Å². The molecule has 0 fully saturated rings. The number of fused-ring (bicyclic) bond motifs is 3. The van der Waals surface area contributed by atoms with Gasteiger partial charge in [0.15, 0.2) is 0 Å². The maximum Gasteiger partial charge on any atom is 0.336 e. The highest BCUT2D eigenvalue weighted by Gasteiger charge is 2.25. The van der Waals surface area contributed by atoms with Crippen LogP contribution in [-0.2, 0) is 19.4 Å². The van der Waals surface area contributed by atoms with Gasteiger partial charge in [-0.3, -0.25) is 4.90 Å². The van der Waals surface area contributed by atoms with E-state index in [1.807, 2.05) is 13.0 Å². The van der Waals surface area contributed by atoms with Gasteiger partial charge < -0.3 is 9.15 Å². The van der Waals surface area contributed by atoms with E-state index in [2.05, 4.69) is 4.90 Å². The average Bonchev–Trinajstić information content (AvgIpc) is 2.67. The highest BCUT2D eigenvalue weighted by molar-refractivity contribution is 6.33. The van der Waals surface area contributed by atoms with Crippen LogP contribution in [0.1, 0.15) is 23.6 Å². The lowest BCUT2D eigenvalue weighted by Gasteiger charge is -2.30. The molecule has 0 radical (unpaired) electrons. The molecule has 2 aromatic carbocycles. The second kappa shape index (κ2) is 7.33. The Morgan fingerprint density at radius 2 is 2.00 bits per heavy atom. The SMILES string of the molecule is CCc1cc(=O)oc2c3c(c(Cl)cc12)OCN(CCc1ccc(F)cc1)C3. The number of nitrogens with zero attached hydrogens (tertiary/aromatic N) is 1. The topological polar surface area (TPSA) is 42.7 Å². The monoisotopic (exact) mass is 387 g/mol. The maximum absolute atomic E-state index is 13.0. The largest absolute Gasteiger partial charge is 0.476 e. The number of benzene rings is 2. The minimum absolute atomic E-state index is 0.239. The van der Waals surface area contributed by atoms with Crippen LogP contribution in [-0.4, -0.2) is 18.2 Å². The van der Waals surface area contributed by atoms with Gasteiger partial charge >= 0.3 is 5.63 Å². The molecule has 0 aliphatic carbocycles.